The fraction of sp³-hybridized carbons (Fsp3) is 0.455. The Morgan fingerprint density at radius 2 is 2.38 bits per heavy atom. The number of pyridine rings is 1. The summed E-state index contributed by atoms with van der Waals surface area (Å²) in [5.74, 6) is 0.595. The Balaban J connectivity index is 2.83. The van der Waals surface area contributed by atoms with Crippen LogP contribution in [0.15, 0.2) is 12.3 Å². The Labute approximate surface area is 95.1 Å². The average Bonchev–Trinajstić information content (AvgIpc) is 2.25. The van der Waals surface area contributed by atoms with Crippen molar-refractivity contribution in [1.29, 1.82) is 5.26 Å². The third-order valence-electron chi connectivity index (χ3n) is 2.25. The molecule has 1 atom stereocenters. The second-order valence-corrected chi connectivity index (χ2v) is 3.81. The maximum Gasteiger partial charge on any atom is 0.146 e. The SMILES string of the molecule is CC(O)CCN(C)c1ncc(N)cc1C#N. The number of nitriles is 1. The number of aliphatic hydroxyl groups excluding tert-OH is 1. The molecule has 0 aliphatic heterocycles. The summed E-state index contributed by atoms with van der Waals surface area (Å²) in [7, 11) is 1.84. The van der Waals surface area contributed by atoms with E-state index >= 15 is 0 Å². The van der Waals surface area contributed by atoms with Crippen LogP contribution in [-0.4, -0.2) is 29.8 Å². The van der Waals surface area contributed by atoms with Gasteiger partial charge in [0.1, 0.15) is 11.9 Å². The van der Waals surface area contributed by atoms with Crippen LogP contribution in [0.4, 0.5) is 11.5 Å². The van der Waals surface area contributed by atoms with E-state index in [0.29, 0.717) is 30.0 Å². The molecule has 0 spiro atoms. The molecule has 5 heteroatoms. The fourth-order valence-corrected chi connectivity index (χ4v) is 1.35. The Morgan fingerprint density at radius 1 is 1.69 bits per heavy atom. The van der Waals surface area contributed by atoms with Crippen molar-refractivity contribution in [2.24, 2.45) is 0 Å². The van der Waals surface area contributed by atoms with Crippen LogP contribution < -0.4 is 10.6 Å². The molecule has 1 unspecified atom stereocenters. The summed E-state index contributed by atoms with van der Waals surface area (Å²) < 4.78 is 0. The van der Waals surface area contributed by atoms with Gasteiger partial charge in [0, 0.05) is 13.6 Å². The molecule has 1 aromatic heterocycles. The van der Waals surface area contributed by atoms with Crippen molar-refractivity contribution in [3.63, 3.8) is 0 Å². The van der Waals surface area contributed by atoms with Gasteiger partial charge in [0.15, 0.2) is 0 Å². The molecule has 0 saturated heterocycles. The van der Waals surface area contributed by atoms with Crippen molar-refractivity contribution in [3.05, 3.63) is 17.8 Å². The molecular formula is C11H16N4O. The Bertz CT molecular complexity index is 397. The van der Waals surface area contributed by atoms with E-state index in [9.17, 15) is 5.11 Å². The van der Waals surface area contributed by atoms with Crippen molar-refractivity contribution in [3.8, 4) is 6.07 Å². The smallest absolute Gasteiger partial charge is 0.146 e. The zero-order chi connectivity index (χ0) is 12.1. The minimum absolute atomic E-state index is 0.359. The molecule has 0 aliphatic carbocycles. The highest BCUT2D eigenvalue weighted by atomic mass is 16.3. The number of rotatable bonds is 4. The monoisotopic (exact) mass is 220 g/mol. The first-order chi connectivity index (χ1) is 7.54. The maximum absolute atomic E-state index is 9.19. The predicted octanol–water partition coefficient (Wildman–Crippen LogP) is 0.743. The van der Waals surface area contributed by atoms with E-state index in [1.165, 1.54) is 6.20 Å². The molecule has 16 heavy (non-hydrogen) atoms. The molecule has 0 aliphatic rings. The number of aliphatic hydroxyl groups is 1. The molecule has 5 nitrogen and oxygen atoms in total. The van der Waals surface area contributed by atoms with Crippen molar-refractivity contribution in [2.75, 3.05) is 24.2 Å². The Hall–Kier alpha value is -1.80. The lowest BCUT2D eigenvalue weighted by atomic mass is 10.2. The summed E-state index contributed by atoms with van der Waals surface area (Å²) >= 11 is 0. The van der Waals surface area contributed by atoms with E-state index in [2.05, 4.69) is 11.1 Å². The Kier molecular flexibility index (Phi) is 4.09. The van der Waals surface area contributed by atoms with Crippen molar-refractivity contribution in [1.82, 2.24) is 4.98 Å². The first-order valence-electron chi connectivity index (χ1n) is 5.09. The van der Waals surface area contributed by atoms with Gasteiger partial charge in [-0.2, -0.15) is 5.26 Å². The highest BCUT2D eigenvalue weighted by Crippen LogP contribution is 2.18. The summed E-state index contributed by atoms with van der Waals surface area (Å²) in [6, 6.07) is 3.66. The quantitative estimate of drug-likeness (QED) is 0.781. The van der Waals surface area contributed by atoms with Crippen LogP contribution >= 0.6 is 0 Å². The molecule has 1 heterocycles. The topological polar surface area (TPSA) is 86.2 Å². The van der Waals surface area contributed by atoms with E-state index in [0.717, 1.165) is 0 Å². The van der Waals surface area contributed by atoms with Crippen LogP contribution in [0.25, 0.3) is 0 Å². The van der Waals surface area contributed by atoms with Crippen LogP contribution in [0.3, 0.4) is 0 Å². The fourth-order valence-electron chi connectivity index (χ4n) is 1.35. The summed E-state index contributed by atoms with van der Waals surface area (Å²) in [6.45, 7) is 2.37. The van der Waals surface area contributed by atoms with E-state index in [1.807, 2.05) is 11.9 Å². The van der Waals surface area contributed by atoms with E-state index in [-0.39, 0.29) is 6.10 Å². The zero-order valence-corrected chi connectivity index (χ0v) is 9.51. The van der Waals surface area contributed by atoms with Gasteiger partial charge in [-0.3, -0.25) is 0 Å². The van der Waals surface area contributed by atoms with E-state index < -0.39 is 0 Å². The maximum atomic E-state index is 9.19. The first-order valence-corrected chi connectivity index (χ1v) is 5.09. The molecule has 0 saturated carbocycles. The molecule has 0 fully saturated rings. The number of nitrogen functional groups attached to an aromatic ring is 1. The van der Waals surface area contributed by atoms with Gasteiger partial charge < -0.3 is 15.7 Å². The standard InChI is InChI=1S/C11H16N4O/c1-8(16)3-4-15(2)11-9(6-12)5-10(13)7-14-11/h5,7-8,16H,3-4,13H2,1-2H3. The van der Waals surface area contributed by atoms with Gasteiger partial charge in [-0.05, 0) is 19.4 Å². The highest BCUT2D eigenvalue weighted by Gasteiger charge is 2.10. The molecular weight excluding hydrogens is 204 g/mol. The number of aromatic nitrogens is 1. The lowest BCUT2D eigenvalue weighted by Gasteiger charge is -2.19. The van der Waals surface area contributed by atoms with E-state index in [4.69, 9.17) is 11.0 Å². The van der Waals surface area contributed by atoms with Gasteiger partial charge in [-0.25, -0.2) is 4.98 Å². The van der Waals surface area contributed by atoms with Crippen LogP contribution in [0, 0.1) is 11.3 Å². The number of nitrogens with two attached hydrogens (primary N) is 1. The van der Waals surface area contributed by atoms with Gasteiger partial charge in [0.2, 0.25) is 0 Å². The first kappa shape index (κ1) is 12.3. The zero-order valence-electron chi connectivity index (χ0n) is 9.51. The second-order valence-electron chi connectivity index (χ2n) is 3.81. The molecule has 86 valence electrons. The third-order valence-corrected chi connectivity index (χ3v) is 2.25. The van der Waals surface area contributed by atoms with Crippen LogP contribution in [-0.2, 0) is 0 Å². The average molecular weight is 220 g/mol. The minimum atomic E-state index is -0.359. The molecule has 0 radical (unpaired) electrons. The van der Waals surface area contributed by atoms with Crippen LogP contribution in [0.5, 0.6) is 0 Å². The molecule has 0 amide bonds. The van der Waals surface area contributed by atoms with E-state index in [1.54, 1.807) is 13.0 Å². The largest absolute Gasteiger partial charge is 0.397 e. The lowest BCUT2D eigenvalue weighted by molar-refractivity contribution is 0.187. The van der Waals surface area contributed by atoms with Gasteiger partial charge in [-0.1, -0.05) is 0 Å². The number of nitrogens with zero attached hydrogens (tertiary/aromatic N) is 3. The number of hydrogen-bond acceptors (Lipinski definition) is 5. The predicted molar refractivity (Wildman–Crippen MR) is 62.9 cm³/mol. The molecule has 1 aromatic rings. The van der Waals surface area contributed by atoms with Crippen molar-refractivity contribution < 1.29 is 5.11 Å². The molecule has 0 aromatic carbocycles. The summed E-state index contributed by atoms with van der Waals surface area (Å²) in [5.41, 5.74) is 6.48. The number of anilines is 2. The molecule has 1 rings (SSSR count). The third kappa shape index (κ3) is 3.11. The summed E-state index contributed by atoms with van der Waals surface area (Å²) in [4.78, 5) is 5.96. The normalized spacial score (nSPS) is 11.9. The highest BCUT2D eigenvalue weighted by molar-refractivity contribution is 5.58. The summed E-state index contributed by atoms with van der Waals surface area (Å²) in [5, 5.41) is 18.1. The molecule has 3 N–H and O–H groups in total. The van der Waals surface area contributed by atoms with Gasteiger partial charge in [0.05, 0.1) is 23.6 Å². The van der Waals surface area contributed by atoms with Crippen molar-refractivity contribution in [2.45, 2.75) is 19.4 Å². The summed E-state index contributed by atoms with van der Waals surface area (Å²) in [6.07, 6.45) is 1.80. The van der Waals surface area contributed by atoms with Gasteiger partial charge in [-0.15, -0.1) is 0 Å². The van der Waals surface area contributed by atoms with Crippen LogP contribution in [0.2, 0.25) is 0 Å². The van der Waals surface area contributed by atoms with Gasteiger partial charge in [0.25, 0.3) is 0 Å². The Morgan fingerprint density at radius 3 is 2.94 bits per heavy atom. The van der Waals surface area contributed by atoms with Crippen LogP contribution in [0.1, 0.15) is 18.9 Å². The van der Waals surface area contributed by atoms with Crippen molar-refractivity contribution >= 4 is 11.5 Å². The lowest BCUT2D eigenvalue weighted by Crippen LogP contribution is -2.23. The van der Waals surface area contributed by atoms with Gasteiger partial charge >= 0.3 is 0 Å². The number of hydrogen-bond donors (Lipinski definition) is 2. The second kappa shape index (κ2) is 5.33. The minimum Gasteiger partial charge on any atom is -0.397 e. The molecule has 0 bridgehead atoms.